The Labute approximate surface area is 107 Å². The highest BCUT2D eigenvalue weighted by atomic mass is 16.6. The second kappa shape index (κ2) is 4.44. The quantitative estimate of drug-likeness (QED) is 0.791. The van der Waals surface area contributed by atoms with Gasteiger partial charge in [0.15, 0.2) is 0 Å². The summed E-state index contributed by atoms with van der Waals surface area (Å²) < 4.78 is 5.21. The molecule has 0 aliphatic heterocycles. The molecule has 5 heteroatoms. The summed E-state index contributed by atoms with van der Waals surface area (Å²) in [5.41, 5.74) is -0.520. The smallest absolute Gasteiger partial charge is 0.407 e. The molecule has 102 valence electrons. The average Bonchev–Trinajstić information content (AvgIpc) is 2.72. The minimum atomic E-state index is -0.738. The molecule has 2 N–H and O–H groups in total. The number of carboxylic acid groups (broad SMARTS) is 1. The third kappa shape index (κ3) is 2.76. The van der Waals surface area contributed by atoms with Crippen LogP contribution in [0.5, 0.6) is 0 Å². The van der Waals surface area contributed by atoms with Gasteiger partial charge in [-0.15, -0.1) is 0 Å². The van der Waals surface area contributed by atoms with Crippen molar-refractivity contribution in [2.45, 2.75) is 51.7 Å². The predicted octanol–water partition coefficient (Wildman–Crippen LogP) is 2.01. The fourth-order valence-corrected chi connectivity index (χ4v) is 3.26. The zero-order valence-corrected chi connectivity index (χ0v) is 11.1. The molecule has 0 aromatic heterocycles. The molecular weight excluding hydrogens is 234 g/mol. The molecule has 0 aromatic rings. The SMILES string of the molecule is CC(C)(C)OC(=O)N[C@H]1C[C@@H]2C[C@@H]1[C@@H](C(=O)O)C2. The Hall–Kier alpha value is -1.26. The number of carbonyl (C=O) groups excluding carboxylic acids is 1. The second-order valence-corrected chi connectivity index (χ2v) is 6.43. The van der Waals surface area contributed by atoms with E-state index in [-0.39, 0.29) is 17.9 Å². The number of rotatable bonds is 2. The van der Waals surface area contributed by atoms with E-state index in [1.807, 2.05) is 20.8 Å². The number of carbonyl (C=O) groups is 2. The first-order valence-electron chi connectivity index (χ1n) is 6.48. The minimum Gasteiger partial charge on any atom is -0.481 e. The van der Waals surface area contributed by atoms with E-state index in [0.717, 1.165) is 19.3 Å². The number of ether oxygens (including phenoxy) is 1. The molecule has 0 aromatic carbocycles. The maximum atomic E-state index is 11.7. The number of fused-ring (bicyclic) bond motifs is 2. The van der Waals surface area contributed by atoms with E-state index < -0.39 is 17.7 Å². The van der Waals surface area contributed by atoms with Gasteiger partial charge in [-0.2, -0.15) is 0 Å². The molecule has 4 atom stereocenters. The minimum absolute atomic E-state index is 0.0419. The van der Waals surface area contributed by atoms with Gasteiger partial charge in [-0.25, -0.2) is 4.79 Å². The molecule has 2 fully saturated rings. The first kappa shape index (κ1) is 13.2. The normalized spacial score (nSPS) is 34.4. The van der Waals surface area contributed by atoms with Crippen LogP contribution in [0.2, 0.25) is 0 Å². The lowest BCUT2D eigenvalue weighted by Gasteiger charge is -2.29. The van der Waals surface area contributed by atoms with E-state index in [1.165, 1.54) is 0 Å². The highest BCUT2D eigenvalue weighted by Crippen LogP contribution is 2.48. The number of hydrogen-bond donors (Lipinski definition) is 2. The van der Waals surface area contributed by atoms with Crippen molar-refractivity contribution < 1.29 is 19.4 Å². The standard InChI is InChI=1S/C13H21NO4/c1-13(2,3)18-12(17)14-10-6-7-4-8(10)9(5-7)11(15)16/h7-10H,4-6H2,1-3H3,(H,14,17)(H,15,16)/t7-,8-,9+,10+/m1/s1. The maximum absolute atomic E-state index is 11.7. The summed E-state index contributed by atoms with van der Waals surface area (Å²) in [5.74, 6) is -0.530. The molecule has 2 saturated carbocycles. The van der Waals surface area contributed by atoms with E-state index in [2.05, 4.69) is 5.32 Å². The second-order valence-electron chi connectivity index (χ2n) is 6.43. The number of hydrogen-bond acceptors (Lipinski definition) is 3. The van der Waals surface area contributed by atoms with Crippen LogP contribution in [0.15, 0.2) is 0 Å². The Morgan fingerprint density at radius 2 is 1.89 bits per heavy atom. The van der Waals surface area contributed by atoms with Gasteiger partial charge in [0.1, 0.15) is 5.60 Å². The van der Waals surface area contributed by atoms with Crippen LogP contribution in [-0.4, -0.2) is 28.8 Å². The average molecular weight is 255 g/mol. The lowest BCUT2D eigenvalue weighted by molar-refractivity contribution is -0.143. The Morgan fingerprint density at radius 1 is 1.22 bits per heavy atom. The fraction of sp³-hybridized carbons (Fsp3) is 0.846. The van der Waals surface area contributed by atoms with Crippen LogP contribution in [0.3, 0.4) is 0 Å². The van der Waals surface area contributed by atoms with Crippen molar-refractivity contribution in [1.29, 1.82) is 0 Å². The topological polar surface area (TPSA) is 75.6 Å². The van der Waals surface area contributed by atoms with Gasteiger partial charge in [0.2, 0.25) is 0 Å². The molecule has 0 saturated heterocycles. The van der Waals surface area contributed by atoms with Crippen LogP contribution in [0, 0.1) is 17.8 Å². The van der Waals surface area contributed by atoms with Gasteiger partial charge in [-0.05, 0) is 51.9 Å². The van der Waals surface area contributed by atoms with Gasteiger partial charge < -0.3 is 15.2 Å². The van der Waals surface area contributed by atoms with Crippen molar-refractivity contribution in [2.75, 3.05) is 0 Å². The van der Waals surface area contributed by atoms with E-state index in [9.17, 15) is 9.59 Å². The third-order valence-corrected chi connectivity index (χ3v) is 3.83. The predicted molar refractivity (Wildman–Crippen MR) is 65.1 cm³/mol. The van der Waals surface area contributed by atoms with E-state index in [0.29, 0.717) is 5.92 Å². The molecule has 0 unspecified atom stereocenters. The van der Waals surface area contributed by atoms with Gasteiger partial charge in [0.25, 0.3) is 0 Å². The van der Waals surface area contributed by atoms with Crippen LogP contribution in [0.25, 0.3) is 0 Å². The highest BCUT2D eigenvalue weighted by Gasteiger charge is 2.49. The maximum Gasteiger partial charge on any atom is 0.407 e. The molecule has 2 bridgehead atoms. The summed E-state index contributed by atoms with van der Waals surface area (Å²) in [6, 6.07) is -0.0419. The summed E-state index contributed by atoms with van der Waals surface area (Å²) in [7, 11) is 0. The zero-order valence-electron chi connectivity index (χ0n) is 11.1. The first-order valence-corrected chi connectivity index (χ1v) is 6.48. The van der Waals surface area contributed by atoms with Crippen LogP contribution in [0.4, 0.5) is 4.79 Å². The molecule has 2 aliphatic rings. The van der Waals surface area contributed by atoms with Gasteiger partial charge in [0, 0.05) is 6.04 Å². The third-order valence-electron chi connectivity index (χ3n) is 3.83. The summed E-state index contributed by atoms with van der Waals surface area (Å²) in [4.78, 5) is 22.8. The molecule has 0 spiro atoms. The summed E-state index contributed by atoms with van der Waals surface area (Å²) >= 11 is 0. The van der Waals surface area contributed by atoms with Crippen molar-refractivity contribution in [3.05, 3.63) is 0 Å². The van der Waals surface area contributed by atoms with Crippen molar-refractivity contribution >= 4 is 12.1 Å². The van der Waals surface area contributed by atoms with E-state index in [4.69, 9.17) is 9.84 Å². The van der Waals surface area contributed by atoms with Gasteiger partial charge in [-0.3, -0.25) is 4.79 Å². The largest absolute Gasteiger partial charge is 0.481 e. The Bertz CT molecular complexity index is 360. The van der Waals surface area contributed by atoms with Gasteiger partial charge in [0.05, 0.1) is 5.92 Å². The summed E-state index contributed by atoms with van der Waals surface area (Å²) in [6.07, 6.45) is 2.11. The Balaban J connectivity index is 1.92. The zero-order chi connectivity index (χ0) is 13.5. The van der Waals surface area contributed by atoms with Gasteiger partial charge >= 0.3 is 12.1 Å². The first-order chi connectivity index (χ1) is 8.26. The van der Waals surface area contributed by atoms with E-state index >= 15 is 0 Å². The number of nitrogens with one attached hydrogen (secondary N) is 1. The number of amides is 1. The van der Waals surface area contributed by atoms with Crippen LogP contribution >= 0.6 is 0 Å². The van der Waals surface area contributed by atoms with Gasteiger partial charge in [-0.1, -0.05) is 0 Å². The molecule has 0 radical (unpaired) electrons. The molecule has 18 heavy (non-hydrogen) atoms. The number of alkyl carbamates (subject to hydrolysis) is 1. The van der Waals surface area contributed by atoms with Crippen LogP contribution in [0.1, 0.15) is 40.0 Å². The molecular formula is C13H21NO4. The van der Waals surface area contributed by atoms with Crippen molar-refractivity contribution in [3.63, 3.8) is 0 Å². The Kier molecular flexibility index (Phi) is 3.25. The number of carboxylic acids is 1. The molecule has 0 heterocycles. The van der Waals surface area contributed by atoms with Crippen molar-refractivity contribution in [1.82, 2.24) is 5.32 Å². The van der Waals surface area contributed by atoms with E-state index in [1.54, 1.807) is 0 Å². The fourth-order valence-electron chi connectivity index (χ4n) is 3.26. The Morgan fingerprint density at radius 3 is 2.39 bits per heavy atom. The number of aliphatic carboxylic acids is 1. The molecule has 5 nitrogen and oxygen atoms in total. The lowest BCUT2D eigenvalue weighted by Crippen LogP contribution is -2.44. The highest BCUT2D eigenvalue weighted by molar-refractivity contribution is 5.72. The monoisotopic (exact) mass is 255 g/mol. The van der Waals surface area contributed by atoms with Crippen molar-refractivity contribution in [3.8, 4) is 0 Å². The summed E-state index contributed by atoms with van der Waals surface area (Å²) in [6.45, 7) is 5.44. The molecule has 2 rings (SSSR count). The van der Waals surface area contributed by atoms with Crippen molar-refractivity contribution in [2.24, 2.45) is 17.8 Å². The molecule has 1 amide bonds. The summed E-state index contributed by atoms with van der Waals surface area (Å²) in [5, 5.41) is 12.0. The molecule has 2 aliphatic carbocycles. The lowest BCUT2D eigenvalue weighted by atomic mass is 9.85. The van der Waals surface area contributed by atoms with Crippen LogP contribution in [-0.2, 0) is 9.53 Å². The van der Waals surface area contributed by atoms with Crippen LogP contribution < -0.4 is 5.32 Å².